The standard InChI is InChI=1S/C11H16N2O2S/c1-8-6-13(16(14,15)7-8)11-5-10(12)4-3-9(11)2/h3-5,8H,6-7,12H2,1-2H3. The molecule has 1 unspecified atom stereocenters. The lowest BCUT2D eigenvalue weighted by molar-refractivity contribution is 0.598. The molecular weight excluding hydrogens is 224 g/mol. The molecule has 0 amide bonds. The molecule has 4 nitrogen and oxygen atoms in total. The summed E-state index contributed by atoms with van der Waals surface area (Å²) in [4.78, 5) is 0. The molecule has 1 aliphatic rings. The molecular formula is C11H16N2O2S. The first-order valence-corrected chi connectivity index (χ1v) is 6.87. The van der Waals surface area contributed by atoms with E-state index in [-0.39, 0.29) is 11.7 Å². The SMILES string of the molecule is Cc1ccc(N)cc1N1CC(C)CS1(=O)=O. The van der Waals surface area contributed by atoms with Crippen LogP contribution in [0, 0.1) is 12.8 Å². The van der Waals surface area contributed by atoms with E-state index in [1.807, 2.05) is 19.9 Å². The molecule has 0 saturated carbocycles. The van der Waals surface area contributed by atoms with E-state index in [1.54, 1.807) is 12.1 Å². The molecule has 1 aromatic carbocycles. The molecule has 16 heavy (non-hydrogen) atoms. The van der Waals surface area contributed by atoms with Crippen molar-refractivity contribution in [1.29, 1.82) is 0 Å². The highest BCUT2D eigenvalue weighted by molar-refractivity contribution is 7.93. The molecule has 1 saturated heterocycles. The highest BCUT2D eigenvalue weighted by atomic mass is 32.2. The second-order valence-electron chi connectivity index (χ2n) is 4.46. The van der Waals surface area contributed by atoms with E-state index in [4.69, 9.17) is 5.73 Å². The van der Waals surface area contributed by atoms with Crippen LogP contribution >= 0.6 is 0 Å². The predicted molar refractivity (Wildman–Crippen MR) is 65.9 cm³/mol. The van der Waals surface area contributed by atoms with Gasteiger partial charge in [-0.05, 0) is 30.5 Å². The Bertz CT molecular complexity index is 511. The van der Waals surface area contributed by atoms with Crippen molar-refractivity contribution in [1.82, 2.24) is 0 Å². The monoisotopic (exact) mass is 240 g/mol. The van der Waals surface area contributed by atoms with Gasteiger partial charge in [-0.15, -0.1) is 0 Å². The maximum absolute atomic E-state index is 11.9. The van der Waals surface area contributed by atoms with Gasteiger partial charge in [0.2, 0.25) is 10.0 Å². The Balaban J connectivity index is 2.49. The summed E-state index contributed by atoms with van der Waals surface area (Å²) in [6, 6.07) is 5.36. The van der Waals surface area contributed by atoms with Crippen LogP contribution in [0.2, 0.25) is 0 Å². The second-order valence-corrected chi connectivity index (χ2v) is 6.40. The highest BCUT2D eigenvalue weighted by Gasteiger charge is 2.34. The minimum atomic E-state index is -3.15. The Labute approximate surface area is 96.1 Å². The van der Waals surface area contributed by atoms with Gasteiger partial charge in [-0.3, -0.25) is 4.31 Å². The third kappa shape index (κ3) is 1.87. The predicted octanol–water partition coefficient (Wildman–Crippen LogP) is 1.36. The van der Waals surface area contributed by atoms with E-state index in [1.165, 1.54) is 4.31 Å². The molecule has 2 N–H and O–H groups in total. The summed E-state index contributed by atoms with van der Waals surface area (Å²) < 4.78 is 25.3. The number of aryl methyl sites for hydroxylation is 1. The van der Waals surface area contributed by atoms with Gasteiger partial charge in [-0.25, -0.2) is 8.42 Å². The van der Waals surface area contributed by atoms with Crippen molar-refractivity contribution >= 4 is 21.4 Å². The number of hydrogen-bond acceptors (Lipinski definition) is 3. The maximum atomic E-state index is 11.9. The summed E-state index contributed by atoms with van der Waals surface area (Å²) in [5.74, 6) is 0.396. The van der Waals surface area contributed by atoms with Gasteiger partial charge >= 0.3 is 0 Å². The fourth-order valence-electron chi connectivity index (χ4n) is 2.04. The van der Waals surface area contributed by atoms with Gasteiger partial charge in [0.25, 0.3) is 0 Å². The van der Waals surface area contributed by atoms with Gasteiger partial charge in [0.15, 0.2) is 0 Å². The van der Waals surface area contributed by atoms with Gasteiger partial charge in [0.1, 0.15) is 0 Å². The fourth-order valence-corrected chi connectivity index (χ4v) is 4.02. The lowest BCUT2D eigenvalue weighted by Crippen LogP contribution is -2.26. The topological polar surface area (TPSA) is 63.4 Å². The molecule has 88 valence electrons. The Morgan fingerprint density at radius 1 is 1.44 bits per heavy atom. The van der Waals surface area contributed by atoms with Gasteiger partial charge < -0.3 is 5.73 Å². The van der Waals surface area contributed by atoms with Gasteiger partial charge in [-0.1, -0.05) is 13.0 Å². The molecule has 0 aliphatic carbocycles. The zero-order chi connectivity index (χ0) is 11.9. The van der Waals surface area contributed by atoms with Gasteiger partial charge in [0.05, 0.1) is 11.4 Å². The van der Waals surface area contributed by atoms with E-state index in [2.05, 4.69) is 0 Å². The summed E-state index contributed by atoms with van der Waals surface area (Å²) in [5.41, 5.74) is 7.94. The highest BCUT2D eigenvalue weighted by Crippen LogP contribution is 2.30. The quantitative estimate of drug-likeness (QED) is 0.754. The number of benzene rings is 1. The molecule has 0 bridgehead atoms. The summed E-state index contributed by atoms with van der Waals surface area (Å²) >= 11 is 0. The van der Waals surface area contributed by atoms with Crippen LogP contribution in [0.25, 0.3) is 0 Å². The van der Waals surface area contributed by atoms with Crippen LogP contribution in [0.5, 0.6) is 0 Å². The first kappa shape index (κ1) is 11.3. The molecule has 1 aliphatic heterocycles. The zero-order valence-electron chi connectivity index (χ0n) is 9.47. The molecule has 0 radical (unpaired) electrons. The summed E-state index contributed by atoms with van der Waals surface area (Å²) in [5, 5.41) is 0. The lowest BCUT2D eigenvalue weighted by Gasteiger charge is -2.19. The Kier molecular flexibility index (Phi) is 2.58. The molecule has 5 heteroatoms. The van der Waals surface area contributed by atoms with E-state index < -0.39 is 10.0 Å². The first-order chi connectivity index (χ1) is 7.40. The van der Waals surface area contributed by atoms with Crippen molar-refractivity contribution in [3.05, 3.63) is 23.8 Å². The van der Waals surface area contributed by atoms with E-state index in [0.29, 0.717) is 17.9 Å². The molecule has 1 atom stereocenters. The molecule has 1 aromatic rings. The van der Waals surface area contributed by atoms with E-state index >= 15 is 0 Å². The van der Waals surface area contributed by atoms with Crippen molar-refractivity contribution in [2.24, 2.45) is 5.92 Å². The third-order valence-electron chi connectivity index (χ3n) is 2.81. The largest absolute Gasteiger partial charge is 0.399 e. The lowest BCUT2D eigenvalue weighted by atomic mass is 10.1. The number of nitrogen functional groups attached to an aromatic ring is 1. The van der Waals surface area contributed by atoms with Gasteiger partial charge in [-0.2, -0.15) is 0 Å². The van der Waals surface area contributed by atoms with Crippen LogP contribution in [-0.2, 0) is 10.0 Å². The fraction of sp³-hybridized carbons (Fsp3) is 0.455. The number of nitrogens with two attached hydrogens (primary N) is 1. The average molecular weight is 240 g/mol. The number of nitrogens with zero attached hydrogens (tertiary/aromatic N) is 1. The molecule has 0 spiro atoms. The Morgan fingerprint density at radius 2 is 2.12 bits per heavy atom. The Hall–Kier alpha value is -1.23. The van der Waals surface area contributed by atoms with Crippen LogP contribution in [0.1, 0.15) is 12.5 Å². The maximum Gasteiger partial charge on any atom is 0.235 e. The van der Waals surface area contributed by atoms with E-state index in [0.717, 1.165) is 5.56 Å². The number of rotatable bonds is 1. The molecule has 1 heterocycles. The van der Waals surface area contributed by atoms with Crippen LogP contribution in [0.4, 0.5) is 11.4 Å². The summed E-state index contributed by atoms with van der Waals surface area (Å²) in [6.45, 7) is 4.39. The van der Waals surface area contributed by atoms with Crippen LogP contribution in [0.3, 0.4) is 0 Å². The number of hydrogen-bond donors (Lipinski definition) is 1. The van der Waals surface area contributed by atoms with Crippen LogP contribution < -0.4 is 10.0 Å². The molecule has 0 aromatic heterocycles. The zero-order valence-corrected chi connectivity index (χ0v) is 10.3. The normalized spacial score (nSPS) is 23.6. The minimum Gasteiger partial charge on any atom is -0.399 e. The van der Waals surface area contributed by atoms with Crippen molar-refractivity contribution < 1.29 is 8.42 Å². The molecule has 2 rings (SSSR count). The average Bonchev–Trinajstić information content (AvgIpc) is 2.43. The van der Waals surface area contributed by atoms with Gasteiger partial charge in [0, 0.05) is 12.2 Å². The first-order valence-electron chi connectivity index (χ1n) is 5.26. The van der Waals surface area contributed by atoms with Crippen LogP contribution in [0.15, 0.2) is 18.2 Å². The van der Waals surface area contributed by atoms with Crippen molar-refractivity contribution in [3.63, 3.8) is 0 Å². The molecule has 1 fully saturated rings. The van der Waals surface area contributed by atoms with Crippen molar-refractivity contribution in [2.45, 2.75) is 13.8 Å². The second kappa shape index (κ2) is 3.66. The number of sulfonamides is 1. The summed E-state index contributed by atoms with van der Waals surface area (Å²) in [7, 11) is -3.15. The summed E-state index contributed by atoms with van der Waals surface area (Å²) in [6.07, 6.45) is 0. The smallest absolute Gasteiger partial charge is 0.235 e. The third-order valence-corrected chi connectivity index (χ3v) is 4.82. The van der Waals surface area contributed by atoms with Crippen molar-refractivity contribution in [3.8, 4) is 0 Å². The Morgan fingerprint density at radius 3 is 2.69 bits per heavy atom. The number of anilines is 2. The van der Waals surface area contributed by atoms with Crippen LogP contribution in [-0.4, -0.2) is 20.7 Å². The minimum absolute atomic E-state index is 0.172. The van der Waals surface area contributed by atoms with E-state index in [9.17, 15) is 8.42 Å². The van der Waals surface area contributed by atoms with Crippen molar-refractivity contribution in [2.75, 3.05) is 22.3 Å².